The number of aromatic amines is 1. The van der Waals surface area contributed by atoms with E-state index in [4.69, 9.17) is 0 Å². The molecule has 1 fully saturated rings. The van der Waals surface area contributed by atoms with Crippen LogP contribution in [0.25, 0.3) is 10.9 Å². The maximum Gasteiger partial charge on any atom is 0.246 e. The van der Waals surface area contributed by atoms with Gasteiger partial charge in [-0.25, -0.2) is 8.78 Å². The maximum atomic E-state index is 13.7. The van der Waals surface area contributed by atoms with Crippen molar-refractivity contribution >= 4 is 22.7 Å². The second-order valence-electron chi connectivity index (χ2n) is 7.47. The highest BCUT2D eigenvalue weighted by Gasteiger charge is 2.42. The number of likely N-dealkylation sites (N-methyl/N-ethyl adjacent to an activating group) is 2. The molecule has 29 heavy (non-hydrogen) atoms. The Kier molecular flexibility index (Phi) is 4.82. The molecule has 2 heterocycles. The van der Waals surface area contributed by atoms with E-state index >= 15 is 0 Å². The van der Waals surface area contributed by atoms with E-state index in [-0.39, 0.29) is 36.3 Å². The highest BCUT2D eigenvalue weighted by Crippen LogP contribution is 2.26. The Labute approximate surface area is 166 Å². The van der Waals surface area contributed by atoms with Crippen LogP contribution in [-0.4, -0.2) is 52.8 Å². The first-order chi connectivity index (χ1) is 13.8. The minimum atomic E-state index is -0.689. The van der Waals surface area contributed by atoms with Gasteiger partial charge in [-0.15, -0.1) is 0 Å². The van der Waals surface area contributed by atoms with Crippen molar-refractivity contribution in [1.82, 2.24) is 14.8 Å². The molecule has 7 heteroatoms. The summed E-state index contributed by atoms with van der Waals surface area (Å²) < 4.78 is 27.1. The molecule has 2 aromatic carbocycles. The quantitative estimate of drug-likeness (QED) is 0.736. The highest BCUT2D eigenvalue weighted by atomic mass is 19.1. The normalized spacial score (nSPS) is 20.0. The molecule has 1 aliphatic heterocycles. The molecule has 0 radical (unpaired) electrons. The van der Waals surface area contributed by atoms with Crippen LogP contribution in [0.2, 0.25) is 0 Å². The topological polar surface area (TPSA) is 56.4 Å². The van der Waals surface area contributed by atoms with Crippen molar-refractivity contribution in [2.75, 3.05) is 14.1 Å². The van der Waals surface area contributed by atoms with Crippen LogP contribution in [0.15, 0.2) is 48.7 Å². The third kappa shape index (κ3) is 3.48. The Bertz CT molecular complexity index is 1090. The molecule has 0 saturated carbocycles. The fourth-order valence-electron chi connectivity index (χ4n) is 3.97. The number of benzene rings is 2. The average Bonchev–Trinajstić information content (AvgIpc) is 3.09. The average molecular weight is 397 g/mol. The predicted molar refractivity (Wildman–Crippen MR) is 105 cm³/mol. The van der Waals surface area contributed by atoms with Crippen LogP contribution < -0.4 is 0 Å². The molecule has 1 unspecified atom stereocenters. The summed E-state index contributed by atoms with van der Waals surface area (Å²) in [7, 11) is 3.20. The first-order valence-electron chi connectivity index (χ1n) is 9.38. The first-order valence-corrected chi connectivity index (χ1v) is 9.38. The Morgan fingerprint density at radius 2 is 1.55 bits per heavy atom. The zero-order valence-corrected chi connectivity index (χ0v) is 16.2. The summed E-state index contributed by atoms with van der Waals surface area (Å²) in [4.78, 5) is 32.0. The van der Waals surface area contributed by atoms with E-state index in [9.17, 15) is 18.4 Å². The van der Waals surface area contributed by atoms with Crippen molar-refractivity contribution in [2.45, 2.75) is 24.9 Å². The Morgan fingerprint density at radius 1 is 0.897 bits per heavy atom. The van der Waals surface area contributed by atoms with E-state index in [2.05, 4.69) is 4.98 Å². The number of amides is 2. The lowest BCUT2D eigenvalue weighted by molar-refractivity contribution is -0.158. The first kappa shape index (κ1) is 19.1. The Balaban J connectivity index is 1.58. The lowest BCUT2D eigenvalue weighted by atomic mass is 9.95. The number of hydrogen-bond acceptors (Lipinski definition) is 2. The molecule has 5 nitrogen and oxygen atoms in total. The maximum absolute atomic E-state index is 13.7. The predicted octanol–water partition coefficient (Wildman–Crippen LogP) is 2.90. The number of H-pyrrole nitrogens is 1. The molecule has 0 aliphatic carbocycles. The Morgan fingerprint density at radius 3 is 2.24 bits per heavy atom. The van der Waals surface area contributed by atoms with Gasteiger partial charge in [0.25, 0.3) is 0 Å². The van der Waals surface area contributed by atoms with Crippen LogP contribution in [0.5, 0.6) is 0 Å². The largest absolute Gasteiger partial charge is 0.361 e. The minimum absolute atomic E-state index is 0.195. The molecule has 4 rings (SSSR count). The van der Waals surface area contributed by atoms with Gasteiger partial charge in [-0.05, 0) is 41.5 Å². The standard InChI is InChI=1S/C22H21F2N3O2/c1-26-19(9-13-4-3-5-15(23)8-13)21(28)27(2)20(22(26)29)10-14-12-25-18-7-6-16(24)11-17(14)18/h3-8,11-12,19-20,25H,9-10H2,1-2H3/t19-,20?/m0/s1. The van der Waals surface area contributed by atoms with E-state index in [1.54, 1.807) is 38.5 Å². The van der Waals surface area contributed by atoms with Crippen molar-refractivity contribution in [1.29, 1.82) is 0 Å². The van der Waals surface area contributed by atoms with Gasteiger partial charge >= 0.3 is 0 Å². The number of hydrogen-bond donors (Lipinski definition) is 1. The second-order valence-corrected chi connectivity index (χ2v) is 7.47. The van der Waals surface area contributed by atoms with Gasteiger partial charge in [-0.1, -0.05) is 12.1 Å². The molecular weight excluding hydrogens is 376 g/mol. The van der Waals surface area contributed by atoms with Gasteiger partial charge in [-0.2, -0.15) is 0 Å². The van der Waals surface area contributed by atoms with Gasteiger partial charge in [0.2, 0.25) is 11.8 Å². The molecular formula is C22H21F2N3O2. The van der Waals surface area contributed by atoms with Crippen molar-refractivity contribution in [3.63, 3.8) is 0 Å². The van der Waals surface area contributed by atoms with Crippen LogP contribution >= 0.6 is 0 Å². The molecule has 0 bridgehead atoms. The number of piperazine rings is 1. The summed E-state index contributed by atoms with van der Waals surface area (Å²) in [5.74, 6) is -1.13. The summed E-state index contributed by atoms with van der Waals surface area (Å²) in [5, 5.41) is 0.697. The fourth-order valence-corrected chi connectivity index (χ4v) is 3.97. The molecule has 2 atom stereocenters. The molecule has 1 aliphatic rings. The Hall–Kier alpha value is -3.22. The summed E-state index contributed by atoms with van der Waals surface area (Å²) in [6.07, 6.45) is 2.27. The number of nitrogens with one attached hydrogen (secondary N) is 1. The molecule has 1 N–H and O–H groups in total. The van der Waals surface area contributed by atoms with Crippen LogP contribution in [0, 0.1) is 11.6 Å². The number of aromatic nitrogens is 1. The van der Waals surface area contributed by atoms with Gasteiger partial charge in [0.15, 0.2) is 0 Å². The minimum Gasteiger partial charge on any atom is -0.361 e. The zero-order chi connectivity index (χ0) is 20.7. The zero-order valence-electron chi connectivity index (χ0n) is 16.2. The van der Waals surface area contributed by atoms with E-state index < -0.39 is 12.1 Å². The SMILES string of the molecule is CN1C(=O)[C@H](Cc2cccc(F)c2)N(C)C(=O)C1Cc1c[nH]c2ccc(F)cc12. The fraction of sp³-hybridized carbons (Fsp3) is 0.273. The monoisotopic (exact) mass is 397 g/mol. The van der Waals surface area contributed by atoms with Crippen LogP contribution in [0.1, 0.15) is 11.1 Å². The highest BCUT2D eigenvalue weighted by molar-refractivity contribution is 5.97. The van der Waals surface area contributed by atoms with Crippen molar-refractivity contribution in [3.05, 3.63) is 71.4 Å². The number of fused-ring (bicyclic) bond motifs is 1. The summed E-state index contributed by atoms with van der Waals surface area (Å²) in [5.41, 5.74) is 2.20. The molecule has 1 saturated heterocycles. The smallest absolute Gasteiger partial charge is 0.246 e. The third-order valence-corrected chi connectivity index (χ3v) is 5.66. The van der Waals surface area contributed by atoms with Gasteiger partial charge in [0.05, 0.1) is 0 Å². The number of carbonyl (C=O) groups is 2. The van der Waals surface area contributed by atoms with Crippen LogP contribution in [0.3, 0.4) is 0 Å². The van der Waals surface area contributed by atoms with Crippen molar-refractivity contribution in [3.8, 4) is 0 Å². The molecule has 150 valence electrons. The summed E-state index contributed by atoms with van der Waals surface area (Å²) in [6.45, 7) is 0. The van der Waals surface area contributed by atoms with Gasteiger partial charge in [0.1, 0.15) is 23.7 Å². The summed E-state index contributed by atoms with van der Waals surface area (Å²) >= 11 is 0. The molecule has 3 aromatic rings. The van der Waals surface area contributed by atoms with E-state index in [0.29, 0.717) is 10.9 Å². The van der Waals surface area contributed by atoms with Gasteiger partial charge in [-0.3, -0.25) is 9.59 Å². The second kappa shape index (κ2) is 7.31. The third-order valence-electron chi connectivity index (χ3n) is 5.66. The lowest BCUT2D eigenvalue weighted by Crippen LogP contribution is -2.63. The summed E-state index contributed by atoms with van der Waals surface area (Å²) in [6, 6.07) is 9.10. The number of carbonyl (C=O) groups excluding carboxylic acids is 2. The number of halogens is 2. The molecule has 2 amide bonds. The number of rotatable bonds is 4. The van der Waals surface area contributed by atoms with Gasteiger partial charge in [0, 0.05) is 44.0 Å². The van der Waals surface area contributed by atoms with Crippen LogP contribution in [-0.2, 0) is 22.4 Å². The van der Waals surface area contributed by atoms with Crippen molar-refractivity contribution < 1.29 is 18.4 Å². The lowest BCUT2D eigenvalue weighted by Gasteiger charge is -2.42. The van der Waals surface area contributed by atoms with Gasteiger partial charge < -0.3 is 14.8 Å². The van der Waals surface area contributed by atoms with E-state index in [1.165, 1.54) is 34.1 Å². The van der Waals surface area contributed by atoms with E-state index in [0.717, 1.165) is 11.1 Å². The van der Waals surface area contributed by atoms with E-state index in [1.807, 2.05) is 0 Å². The molecule has 0 spiro atoms. The van der Waals surface area contributed by atoms with Crippen molar-refractivity contribution in [2.24, 2.45) is 0 Å². The number of nitrogens with zero attached hydrogens (tertiary/aromatic N) is 2. The molecule has 1 aromatic heterocycles. The van der Waals surface area contributed by atoms with Crippen LogP contribution in [0.4, 0.5) is 8.78 Å².